The van der Waals surface area contributed by atoms with Crippen LogP contribution in [0.4, 0.5) is 16.2 Å². The van der Waals surface area contributed by atoms with Crippen LogP contribution in [0.25, 0.3) is 11.3 Å². The zero-order chi connectivity index (χ0) is 24.2. The van der Waals surface area contributed by atoms with Crippen LogP contribution in [-0.4, -0.2) is 64.3 Å². The molecule has 3 atom stereocenters. The number of anilines is 2. The lowest BCUT2D eigenvalue weighted by atomic mass is 10.0. The molecule has 1 aromatic carbocycles. The summed E-state index contributed by atoms with van der Waals surface area (Å²) in [7, 11) is 1.27. The van der Waals surface area contributed by atoms with Gasteiger partial charge in [0.15, 0.2) is 5.69 Å². The first-order valence-electron chi connectivity index (χ1n) is 11.4. The molecule has 4 rings (SSSR count). The second-order valence-corrected chi connectivity index (χ2v) is 8.65. The van der Waals surface area contributed by atoms with Gasteiger partial charge in [0.25, 0.3) is 0 Å². The zero-order valence-corrected chi connectivity index (χ0v) is 19.0. The summed E-state index contributed by atoms with van der Waals surface area (Å²) in [5, 5.41) is 25.6. The normalized spacial score (nSPS) is 22.4. The Morgan fingerprint density at radius 3 is 2.82 bits per heavy atom. The maximum atomic E-state index is 13.4. The van der Waals surface area contributed by atoms with Crippen molar-refractivity contribution in [1.29, 1.82) is 5.26 Å². The van der Waals surface area contributed by atoms with Gasteiger partial charge < -0.3 is 30.8 Å². The number of imidazole rings is 1. The maximum absolute atomic E-state index is 13.4. The minimum atomic E-state index is -0.626. The van der Waals surface area contributed by atoms with Crippen molar-refractivity contribution in [3.8, 4) is 17.3 Å². The summed E-state index contributed by atoms with van der Waals surface area (Å²) >= 11 is 0. The number of carbonyl (C=O) groups is 2. The van der Waals surface area contributed by atoms with E-state index in [9.17, 15) is 20.0 Å². The second-order valence-electron chi connectivity index (χ2n) is 8.65. The largest absolute Gasteiger partial charge is 0.453 e. The maximum Gasteiger partial charge on any atom is 0.411 e. The number of aromatic amines is 1. The number of nitrogens with one attached hydrogen (secondary N) is 3. The number of aliphatic hydroxyl groups excluding tert-OH is 1. The van der Waals surface area contributed by atoms with E-state index in [4.69, 9.17) is 10.5 Å². The molecular weight excluding hydrogens is 438 g/mol. The van der Waals surface area contributed by atoms with Gasteiger partial charge in [-0.25, -0.2) is 9.78 Å². The number of H-pyrrole nitrogens is 1. The van der Waals surface area contributed by atoms with Crippen molar-refractivity contribution in [3.63, 3.8) is 0 Å². The van der Waals surface area contributed by atoms with Crippen molar-refractivity contribution in [1.82, 2.24) is 14.9 Å². The number of aromatic nitrogens is 2. The number of fused-ring (bicyclic) bond motifs is 4. The lowest BCUT2D eigenvalue weighted by molar-refractivity contribution is -0.131. The van der Waals surface area contributed by atoms with Crippen LogP contribution >= 0.6 is 0 Å². The van der Waals surface area contributed by atoms with Crippen LogP contribution in [0.3, 0.4) is 0 Å². The van der Waals surface area contributed by atoms with Gasteiger partial charge in [0, 0.05) is 30.0 Å². The van der Waals surface area contributed by atoms with Crippen LogP contribution in [0.5, 0.6) is 0 Å². The van der Waals surface area contributed by atoms with Gasteiger partial charge in [-0.1, -0.05) is 12.8 Å². The van der Waals surface area contributed by atoms with Crippen LogP contribution in [0.15, 0.2) is 18.2 Å². The van der Waals surface area contributed by atoms with E-state index in [2.05, 4.69) is 26.7 Å². The average molecular weight is 468 g/mol. The van der Waals surface area contributed by atoms with Crippen molar-refractivity contribution >= 4 is 23.4 Å². The van der Waals surface area contributed by atoms with Crippen LogP contribution < -0.4 is 16.4 Å². The summed E-state index contributed by atoms with van der Waals surface area (Å²) in [5.74, 6) is 0.439. The summed E-state index contributed by atoms with van der Waals surface area (Å²) in [6.45, 7) is 0.809. The first kappa shape index (κ1) is 23.5. The van der Waals surface area contributed by atoms with Gasteiger partial charge in [-0.3, -0.25) is 10.1 Å². The molecule has 2 aliphatic rings. The fourth-order valence-electron chi connectivity index (χ4n) is 4.43. The summed E-state index contributed by atoms with van der Waals surface area (Å²) in [5.41, 5.74) is 8.65. The molecule has 0 unspecified atom stereocenters. The third-order valence-corrected chi connectivity index (χ3v) is 6.26. The number of ether oxygens (including phenoxy) is 1. The number of methoxy groups -OCH3 is 1. The number of amides is 2. The third-order valence-electron chi connectivity index (χ3n) is 6.26. The monoisotopic (exact) mass is 467 g/mol. The molecule has 6 N–H and O–H groups in total. The molecule has 2 amide bonds. The first-order valence-corrected chi connectivity index (χ1v) is 11.4. The van der Waals surface area contributed by atoms with Crippen LogP contribution in [0, 0.1) is 11.3 Å². The molecule has 34 heavy (non-hydrogen) atoms. The molecular formula is C23H29N7O4. The molecule has 0 saturated carbocycles. The van der Waals surface area contributed by atoms with Crippen molar-refractivity contribution in [2.45, 2.75) is 50.3 Å². The molecule has 2 aromatic rings. The van der Waals surface area contributed by atoms with Crippen molar-refractivity contribution in [3.05, 3.63) is 29.7 Å². The molecule has 0 aliphatic carbocycles. The highest BCUT2D eigenvalue weighted by Gasteiger charge is 2.31. The van der Waals surface area contributed by atoms with E-state index in [0.717, 1.165) is 12.8 Å². The van der Waals surface area contributed by atoms with E-state index in [-0.39, 0.29) is 17.6 Å². The first-order chi connectivity index (χ1) is 16.4. The van der Waals surface area contributed by atoms with Gasteiger partial charge in [-0.15, -0.1) is 0 Å². The van der Waals surface area contributed by atoms with Crippen LogP contribution in [0.2, 0.25) is 0 Å². The Balaban J connectivity index is 1.77. The molecule has 1 fully saturated rings. The van der Waals surface area contributed by atoms with E-state index in [1.165, 1.54) is 7.11 Å². The molecule has 3 heterocycles. The Morgan fingerprint density at radius 2 is 2.12 bits per heavy atom. The van der Waals surface area contributed by atoms with Crippen molar-refractivity contribution in [2.75, 3.05) is 30.8 Å². The summed E-state index contributed by atoms with van der Waals surface area (Å²) < 4.78 is 4.69. The van der Waals surface area contributed by atoms with Gasteiger partial charge in [-0.2, -0.15) is 5.26 Å². The predicted molar refractivity (Wildman–Crippen MR) is 125 cm³/mol. The number of nitrogens with two attached hydrogens (primary N) is 1. The van der Waals surface area contributed by atoms with Gasteiger partial charge in [-0.05, 0) is 37.5 Å². The number of benzene rings is 1. The number of likely N-dealkylation sites (tertiary alicyclic amines) is 1. The molecule has 2 aliphatic heterocycles. The molecule has 0 radical (unpaired) electrons. The molecule has 2 bridgehead atoms. The van der Waals surface area contributed by atoms with Gasteiger partial charge in [0.2, 0.25) is 5.91 Å². The predicted octanol–water partition coefficient (Wildman–Crippen LogP) is 2.07. The Bertz CT molecular complexity index is 1110. The van der Waals surface area contributed by atoms with Crippen LogP contribution in [0.1, 0.15) is 49.7 Å². The number of rotatable bonds is 2. The highest BCUT2D eigenvalue weighted by atomic mass is 16.5. The number of nitriles is 1. The summed E-state index contributed by atoms with van der Waals surface area (Å²) in [6, 6.07) is 6.31. The number of carbonyl (C=O) groups excluding carboxylic acids is 2. The third kappa shape index (κ3) is 4.98. The fourth-order valence-corrected chi connectivity index (χ4v) is 4.43. The Hall–Kier alpha value is -3.62. The fraction of sp³-hybridized carbons (Fsp3) is 0.478. The second kappa shape index (κ2) is 10.1. The van der Waals surface area contributed by atoms with E-state index in [1.807, 2.05) is 0 Å². The molecule has 1 saturated heterocycles. The number of β-amino-alcohol motifs (C(OH)–C–C–N with tert-alkyl or cyclic N) is 1. The Labute approximate surface area is 197 Å². The van der Waals surface area contributed by atoms with E-state index in [0.29, 0.717) is 60.8 Å². The number of hydrogen-bond donors (Lipinski definition) is 5. The smallest absolute Gasteiger partial charge is 0.411 e. The lowest BCUT2D eigenvalue weighted by Gasteiger charge is -2.26. The highest BCUT2D eigenvalue weighted by molar-refractivity contribution is 5.91. The van der Waals surface area contributed by atoms with E-state index in [1.54, 1.807) is 23.1 Å². The SMILES string of the molecule is COC(=O)Nc1ccc2c(c1)N[C@@H](C(=O)N1CC[C@H](O)C1)CCCC[C@H](N)c1nc(C#N)c-2[nH]1. The highest BCUT2D eigenvalue weighted by Crippen LogP contribution is 2.34. The molecule has 0 spiro atoms. The Kier molecular flexibility index (Phi) is 7.00. The number of nitrogens with zero attached hydrogens (tertiary/aromatic N) is 3. The quantitative estimate of drug-likeness (QED) is 0.447. The summed E-state index contributed by atoms with van der Waals surface area (Å²) in [4.78, 5) is 34.4. The van der Waals surface area contributed by atoms with E-state index >= 15 is 0 Å². The average Bonchev–Trinajstić information content (AvgIpc) is 3.46. The minimum Gasteiger partial charge on any atom is -0.453 e. The molecule has 1 aromatic heterocycles. The molecule has 180 valence electrons. The molecule has 11 heteroatoms. The number of hydrogen-bond acceptors (Lipinski definition) is 8. The van der Waals surface area contributed by atoms with Gasteiger partial charge >= 0.3 is 6.09 Å². The van der Waals surface area contributed by atoms with Crippen molar-refractivity contribution < 1.29 is 19.4 Å². The van der Waals surface area contributed by atoms with Gasteiger partial charge in [0.1, 0.15) is 17.9 Å². The van der Waals surface area contributed by atoms with Gasteiger partial charge in [0.05, 0.1) is 24.9 Å². The minimum absolute atomic E-state index is 0.0963. The van der Waals surface area contributed by atoms with E-state index < -0.39 is 18.2 Å². The topological polar surface area (TPSA) is 169 Å². The summed E-state index contributed by atoms with van der Waals surface area (Å²) in [6.07, 6.45) is 2.18. The number of aliphatic hydroxyl groups is 1. The standard InChI is InChI=1S/C23H29N7O4/c1-34-23(33)26-13-6-7-15-18(10-13)27-17(22(32)30-9-8-14(31)12-30)5-3-2-4-16(25)21-28-19(11-24)20(15)29-21/h6-7,10,14,16-17,27,31H,2-5,8-9,12,25H2,1H3,(H,26,33)(H,28,29)/t14-,16-,17+/m0/s1. The van der Waals surface area contributed by atoms with Crippen LogP contribution in [-0.2, 0) is 9.53 Å². The zero-order valence-electron chi connectivity index (χ0n) is 19.0. The van der Waals surface area contributed by atoms with Crippen molar-refractivity contribution in [2.24, 2.45) is 5.73 Å². The Morgan fingerprint density at radius 1 is 1.32 bits per heavy atom. The molecule has 11 nitrogen and oxygen atoms in total. The lowest BCUT2D eigenvalue weighted by Crippen LogP contribution is -2.42.